The molecule has 0 aromatic heterocycles. The summed E-state index contributed by atoms with van der Waals surface area (Å²) in [7, 11) is 0. The predicted octanol–water partition coefficient (Wildman–Crippen LogP) is 4.67. The molecule has 0 heterocycles. The second-order valence-corrected chi connectivity index (χ2v) is 7.12. The Morgan fingerprint density at radius 2 is 1.36 bits per heavy atom. The molecular weight excluding hydrogens is 370 g/mol. The second kappa shape index (κ2) is 11.0. The molecule has 0 radical (unpaired) electrons. The Morgan fingerprint density at radius 3 is 2.07 bits per heavy atom. The summed E-state index contributed by atoms with van der Waals surface area (Å²) < 4.78 is 11.3. The zero-order chi connectivity index (χ0) is 19.4. The predicted molar refractivity (Wildman–Crippen MR) is 113 cm³/mol. The molecule has 0 spiro atoms. The van der Waals surface area contributed by atoms with Gasteiger partial charge in [-0.1, -0.05) is 36.4 Å². The van der Waals surface area contributed by atoms with Crippen LogP contribution in [0.2, 0.25) is 0 Å². The van der Waals surface area contributed by atoms with Crippen molar-refractivity contribution in [1.82, 2.24) is 5.32 Å². The highest BCUT2D eigenvalue weighted by molar-refractivity contribution is 7.99. The van der Waals surface area contributed by atoms with Crippen molar-refractivity contribution in [3.05, 3.63) is 90.5 Å². The lowest BCUT2D eigenvalue weighted by Gasteiger charge is -2.09. The highest BCUT2D eigenvalue weighted by Gasteiger charge is 2.05. The molecule has 0 saturated heterocycles. The number of nitrogens with one attached hydrogen (secondary N) is 1. The van der Waals surface area contributed by atoms with Gasteiger partial charge in [-0.3, -0.25) is 4.79 Å². The molecule has 5 heteroatoms. The first-order valence-corrected chi connectivity index (χ1v) is 10.2. The average Bonchev–Trinajstić information content (AvgIpc) is 2.76. The van der Waals surface area contributed by atoms with Crippen LogP contribution in [0, 0.1) is 0 Å². The van der Waals surface area contributed by atoms with Crippen LogP contribution in [0.15, 0.2) is 89.8 Å². The van der Waals surface area contributed by atoms with Gasteiger partial charge in [0.2, 0.25) is 0 Å². The van der Waals surface area contributed by atoms with Crippen molar-refractivity contribution in [2.75, 3.05) is 25.5 Å². The Balaban J connectivity index is 1.34. The molecule has 28 heavy (non-hydrogen) atoms. The van der Waals surface area contributed by atoms with E-state index in [4.69, 9.17) is 9.47 Å². The third-order valence-corrected chi connectivity index (χ3v) is 4.86. The maximum absolute atomic E-state index is 12.2. The number of amides is 1. The number of rotatable bonds is 10. The highest BCUT2D eigenvalue weighted by atomic mass is 32.2. The van der Waals surface area contributed by atoms with Gasteiger partial charge in [0.15, 0.2) is 0 Å². The fraction of sp³-hybridized carbons (Fsp3) is 0.174. The molecule has 3 rings (SSSR count). The fourth-order valence-electron chi connectivity index (χ4n) is 2.49. The molecule has 0 unspecified atom stereocenters. The van der Waals surface area contributed by atoms with Crippen LogP contribution in [0.5, 0.6) is 11.5 Å². The van der Waals surface area contributed by atoms with Crippen molar-refractivity contribution in [3.63, 3.8) is 0 Å². The Labute approximate surface area is 169 Å². The number of benzene rings is 3. The van der Waals surface area contributed by atoms with E-state index in [9.17, 15) is 4.79 Å². The Kier molecular flexibility index (Phi) is 7.82. The minimum atomic E-state index is -0.122. The molecule has 0 bridgehead atoms. The first-order valence-electron chi connectivity index (χ1n) is 9.18. The van der Waals surface area contributed by atoms with Crippen LogP contribution < -0.4 is 14.8 Å². The molecule has 0 fully saturated rings. The van der Waals surface area contributed by atoms with Crippen molar-refractivity contribution in [3.8, 4) is 11.5 Å². The molecular formula is C23H23NO3S. The van der Waals surface area contributed by atoms with E-state index >= 15 is 0 Å². The van der Waals surface area contributed by atoms with Crippen LogP contribution >= 0.6 is 11.8 Å². The van der Waals surface area contributed by atoms with Crippen molar-refractivity contribution in [1.29, 1.82) is 0 Å². The molecule has 4 nitrogen and oxygen atoms in total. The zero-order valence-electron chi connectivity index (χ0n) is 15.5. The molecule has 0 aliphatic rings. The Hall–Kier alpha value is -2.92. The van der Waals surface area contributed by atoms with E-state index in [1.807, 2.05) is 60.7 Å². The maximum Gasteiger partial charge on any atom is 0.251 e. The van der Waals surface area contributed by atoms with E-state index < -0.39 is 0 Å². The monoisotopic (exact) mass is 393 g/mol. The van der Waals surface area contributed by atoms with E-state index in [2.05, 4.69) is 17.4 Å². The second-order valence-electron chi connectivity index (χ2n) is 5.95. The van der Waals surface area contributed by atoms with Gasteiger partial charge in [-0.2, -0.15) is 0 Å². The van der Waals surface area contributed by atoms with E-state index in [-0.39, 0.29) is 5.91 Å². The standard InChI is InChI=1S/C23H23NO3S/c25-23(24-15-16-26-20-7-3-1-4-8-20)19-11-13-21(14-12-19)27-17-18-28-22-9-5-2-6-10-22/h1-14H,15-18H2,(H,24,25). The van der Waals surface area contributed by atoms with Crippen molar-refractivity contribution in [2.24, 2.45) is 0 Å². The number of hydrogen-bond donors (Lipinski definition) is 1. The minimum Gasteiger partial charge on any atom is -0.493 e. The van der Waals surface area contributed by atoms with Gasteiger partial charge in [-0.15, -0.1) is 11.8 Å². The smallest absolute Gasteiger partial charge is 0.251 e. The lowest BCUT2D eigenvalue weighted by molar-refractivity contribution is 0.0947. The highest BCUT2D eigenvalue weighted by Crippen LogP contribution is 2.18. The van der Waals surface area contributed by atoms with E-state index in [1.165, 1.54) is 4.90 Å². The molecule has 1 amide bonds. The van der Waals surface area contributed by atoms with Crippen LogP contribution in [0.4, 0.5) is 0 Å². The largest absolute Gasteiger partial charge is 0.493 e. The Morgan fingerprint density at radius 1 is 0.750 bits per heavy atom. The van der Waals surface area contributed by atoms with Crippen molar-refractivity contribution in [2.45, 2.75) is 4.90 Å². The summed E-state index contributed by atoms with van der Waals surface area (Å²) >= 11 is 1.76. The van der Waals surface area contributed by atoms with Crippen LogP contribution in [-0.4, -0.2) is 31.4 Å². The third kappa shape index (κ3) is 6.67. The van der Waals surface area contributed by atoms with Crippen molar-refractivity contribution < 1.29 is 14.3 Å². The minimum absolute atomic E-state index is 0.122. The summed E-state index contributed by atoms with van der Waals surface area (Å²) in [6.07, 6.45) is 0. The van der Waals surface area contributed by atoms with Crippen molar-refractivity contribution >= 4 is 17.7 Å². The Bertz CT molecular complexity index is 839. The zero-order valence-corrected chi connectivity index (χ0v) is 16.4. The first kappa shape index (κ1) is 19.8. The lowest BCUT2D eigenvalue weighted by Crippen LogP contribution is -2.28. The molecule has 1 N–H and O–H groups in total. The first-order chi connectivity index (χ1) is 13.8. The molecule has 0 atom stereocenters. The molecule has 3 aromatic rings. The summed E-state index contributed by atoms with van der Waals surface area (Å²) in [4.78, 5) is 13.4. The van der Waals surface area contributed by atoms with Crippen LogP contribution in [0.25, 0.3) is 0 Å². The van der Waals surface area contributed by atoms with Gasteiger partial charge in [0.1, 0.15) is 18.1 Å². The maximum atomic E-state index is 12.2. The third-order valence-electron chi connectivity index (χ3n) is 3.88. The number of carbonyl (C=O) groups excluding carboxylic acids is 1. The quantitative estimate of drug-likeness (QED) is 0.402. The topological polar surface area (TPSA) is 47.6 Å². The average molecular weight is 394 g/mol. The SMILES string of the molecule is O=C(NCCOc1ccccc1)c1ccc(OCCSc2ccccc2)cc1. The number of hydrogen-bond acceptors (Lipinski definition) is 4. The normalized spacial score (nSPS) is 10.3. The van der Waals surface area contributed by atoms with Gasteiger partial charge in [0, 0.05) is 16.2 Å². The summed E-state index contributed by atoms with van der Waals surface area (Å²) in [5.74, 6) is 2.30. The number of para-hydroxylation sites is 1. The van der Waals surface area contributed by atoms with Gasteiger partial charge < -0.3 is 14.8 Å². The van der Waals surface area contributed by atoms with E-state index in [0.717, 1.165) is 17.3 Å². The molecule has 3 aromatic carbocycles. The number of thioether (sulfide) groups is 1. The van der Waals surface area contributed by atoms with Crippen LogP contribution in [-0.2, 0) is 0 Å². The molecule has 0 saturated carbocycles. The summed E-state index contributed by atoms with van der Waals surface area (Å²) in [6, 6.07) is 27.0. The molecule has 0 aliphatic heterocycles. The van der Waals surface area contributed by atoms with Gasteiger partial charge >= 0.3 is 0 Å². The number of ether oxygens (including phenoxy) is 2. The lowest BCUT2D eigenvalue weighted by atomic mass is 10.2. The van der Waals surface area contributed by atoms with E-state index in [0.29, 0.717) is 25.3 Å². The summed E-state index contributed by atoms with van der Waals surface area (Å²) in [6.45, 7) is 1.49. The number of carbonyl (C=O) groups is 1. The fourth-order valence-corrected chi connectivity index (χ4v) is 3.24. The van der Waals surface area contributed by atoms with Gasteiger partial charge in [0.05, 0.1) is 13.2 Å². The summed E-state index contributed by atoms with van der Waals surface area (Å²) in [5, 5.41) is 2.85. The summed E-state index contributed by atoms with van der Waals surface area (Å²) in [5.41, 5.74) is 0.603. The van der Waals surface area contributed by atoms with Gasteiger partial charge in [-0.05, 0) is 48.5 Å². The van der Waals surface area contributed by atoms with Gasteiger partial charge in [-0.25, -0.2) is 0 Å². The molecule has 0 aliphatic carbocycles. The van der Waals surface area contributed by atoms with Crippen LogP contribution in [0.3, 0.4) is 0 Å². The molecule has 144 valence electrons. The van der Waals surface area contributed by atoms with Crippen LogP contribution in [0.1, 0.15) is 10.4 Å². The van der Waals surface area contributed by atoms with E-state index in [1.54, 1.807) is 23.9 Å². The van der Waals surface area contributed by atoms with Gasteiger partial charge in [0.25, 0.3) is 5.91 Å².